The van der Waals surface area contributed by atoms with E-state index in [0.29, 0.717) is 5.56 Å². The van der Waals surface area contributed by atoms with E-state index in [9.17, 15) is 8.42 Å². The van der Waals surface area contributed by atoms with Gasteiger partial charge < -0.3 is 0 Å². The van der Waals surface area contributed by atoms with Gasteiger partial charge in [0.1, 0.15) is 0 Å². The van der Waals surface area contributed by atoms with Gasteiger partial charge in [-0.25, -0.2) is 13.6 Å². The number of hydrogen-bond acceptors (Lipinski definition) is 6. The van der Waals surface area contributed by atoms with Crippen molar-refractivity contribution < 1.29 is 8.42 Å². The Balaban J connectivity index is 2.28. The Morgan fingerprint density at radius 3 is 2.81 bits per heavy atom. The molecule has 2 heterocycles. The van der Waals surface area contributed by atoms with Crippen LogP contribution >= 0.6 is 11.8 Å². The molecule has 1 aromatic carbocycles. The molecular formula is C12H13N5O2S2. The number of tetrazole rings is 1. The molecule has 0 bridgehead atoms. The summed E-state index contributed by atoms with van der Waals surface area (Å²) in [7, 11) is -3.87. The maximum Gasteiger partial charge on any atom is 0.238 e. The van der Waals surface area contributed by atoms with Gasteiger partial charge in [-0.05, 0) is 34.6 Å². The average Bonchev–Trinajstić information content (AvgIpc) is 3.00. The summed E-state index contributed by atoms with van der Waals surface area (Å²) in [5.74, 6) is 2.13. The van der Waals surface area contributed by atoms with Gasteiger partial charge in [0.15, 0.2) is 0 Å². The van der Waals surface area contributed by atoms with Crippen LogP contribution in [0, 0.1) is 0 Å². The first kappa shape index (κ1) is 14.2. The van der Waals surface area contributed by atoms with Crippen molar-refractivity contribution in [2.75, 3.05) is 11.5 Å². The molecule has 0 atom stereocenters. The van der Waals surface area contributed by atoms with E-state index in [0.717, 1.165) is 29.1 Å². The number of primary sulfonamides is 1. The normalized spacial score (nSPS) is 15.8. The van der Waals surface area contributed by atoms with Crippen molar-refractivity contribution in [2.45, 2.75) is 11.3 Å². The molecule has 9 heteroatoms. The van der Waals surface area contributed by atoms with E-state index in [1.54, 1.807) is 6.07 Å². The van der Waals surface area contributed by atoms with Crippen molar-refractivity contribution >= 4 is 27.4 Å². The molecule has 1 aliphatic heterocycles. The highest BCUT2D eigenvalue weighted by Gasteiger charge is 2.23. The third-order valence-corrected chi connectivity index (χ3v) is 5.06. The molecule has 0 fully saturated rings. The van der Waals surface area contributed by atoms with Gasteiger partial charge in [0.2, 0.25) is 15.8 Å². The maximum atomic E-state index is 11.9. The highest BCUT2D eigenvalue weighted by Crippen LogP contribution is 2.35. The summed E-state index contributed by atoms with van der Waals surface area (Å²) >= 11 is 1.84. The molecule has 7 nitrogen and oxygen atoms in total. The number of hydrogen-bond donors (Lipinski definition) is 2. The van der Waals surface area contributed by atoms with Crippen LogP contribution in [-0.4, -0.2) is 40.5 Å². The minimum Gasteiger partial charge on any atom is -0.225 e. The molecule has 3 N–H and O–H groups in total. The average molecular weight is 323 g/mol. The Morgan fingerprint density at radius 2 is 2.19 bits per heavy atom. The molecule has 3 rings (SSSR count). The topological polar surface area (TPSA) is 115 Å². The first-order valence-corrected chi connectivity index (χ1v) is 8.94. The van der Waals surface area contributed by atoms with Crippen LogP contribution in [0.1, 0.15) is 12.0 Å². The summed E-state index contributed by atoms with van der Waals surface area (Å²) in [6.07, 6.45) is 2.96. The summed E-state index contributed by atoms with van der Waals surface area (Å²) in [5.41, 5.74) is 2.29. The lowest BCUT2D eigenvalue weighted by atomic mass is 9.97. The summed E-state index contributed by atoms with van der Waals surface area (Å²) in [5, 5.41) is 19.0. The third-order valence-electron chi connectivity index (χ3n) is 3.21. The number of rotatable bonds is 3. The monoisotopic (exact) mass is 323 g/mol. The second-order valence-corrected chi connectivity index (χ2v) is 7.19. The van der Waals surface area contributed by atoms with Gasteiger partial charge in [0, 0.05) is 5.75 Å². The smallest absolute Gasteiger partial charge is 0.225 e. The summed E-state index contributed by atoms with van der Waals surface area (Å²) in [6, 6.07) is 5.01. The molecule has 1 aromatic heterocycles. The van der Waals surface area contributed by atoms with Crippen molar-refractivity contribution in [1.82, 2.24) is 20.6 Å². The van der Waals surface area contributed by atoms with E-state index >= 15 is 0 Å². The van der Waals surface area contributed by atoms with E-state index in [-0.39, 0.29) is 10.7 Å². The molecule has 0 saturated heterocycles. The summed E-state index contributed by atoms with van der Waals surface area (Å²) in [4.78, 5) is 0.0144. The minimum absolute atomic E-state index is 0.0144. The number of H-pyrrole nitrogens is 1. The molecule has 21 heavy (non-hydrogen) atoms. The predicted molar refractivity (Wildman–Crippen MR) is 80.9 cm³/mol. The van der Waals surface area contributed by atoms with E-state index in [1.807, 2.05) is 17.8 Å². The molecule has 0 radical (unpaired) electrons. The van der Waals surface area contributed by atoms with Crippen molar-refractivity contribution in [3.05, 3.63) is 29.8 Å². The fourth-order valence-corrected chi connectivity index (χ4v) is 3.91. The summed E-state index contributed by atoms with van der Waals surface area (Å²) in [6.45, 7) is 0. The predicted octanol–water partition coefficient (Wildman–Crippen LogP) is 1.03. The largest absolute Gasteiger partial charge is 0.238 e. The molecule has 2 aromatic rings. The fourth-order valence-electron chi connectivity index (χ4n) is 2.31. The van der Waals surface area contributed by atoms with Gasteiger partial charge in [0.05, 0.1) is 10.5 Å². The lowest BCUT2D eigenvalue weighted by Crippen LogP contribution is -2.15. The molecule has 1 aliphatic rings. The third kappa shape index (κ3) is 2.85. The first-order chi connectivity index (χ1) is 10.1. The Bertz CT molecular complexity index is 784. The minimum atomic E-state index is -3.87. The van der Waals surface area contributed by atoms with Crippen LogP contribution in [0.2, 0.25) is 0 Å². The quantitative estimate of drug-likeness (QED) is 0.872. The van der Waals surface area contributed by atoms with E-state index in [2.05, 4.69) is 26.7 Å². The molecule has 0 aliphatic carbocycles. The van der Waals surface area contributed by atoms with E-state index in [1.165, 1.54) is 6.07 Å². The Hall–Kier alpha value is -1.71. The highest BCUT2D eigenvalue weighted by molar-refractivity contribution is 7.99. The Kier molecular flexibility index (Phi) is 3.79. The number of aromatic nitrogens is 4. The number of thioether (sulfide) groups is 1. The van der Waals surface area contributed by atoms with Gasteiger partial charge in [-0.1, -0.05) is 18.2 Å². The molecule has 0 unspecified atom stereocenters. The van der Waals surface area contributed by atoms with E-state index < -0.39 is 10.0 Å². The van der Waals surface area contributed by atoms with Gasteiger partial charge in [-0.2, -0.15) is 17.0 Å². The van der Waals surface area contributed by atoms with Crippen molar-refractivity contribution in [1.29, 1.82) is 0 Å². The number of nitrogens with one attached hydrogen (secondary N) is 1. The van der Waals surface area contributed by atoms with Crippen molar-refractivity contribution in [3.63, 3.8) is 0 Å². The van der Waals surface area contributed by atoms with Gasteiger partial charge >= 0.3 is 0 Å². The molecule has 0 saturated carbocycles. The van der Waals surface area contributed by atoms with Gasteiger partial charge in [-0.15, -0.1) is 10.2 Å². The first-order valence-electron chi connectivity index (χ1n) is 6.24. The number of aromatic amines is 1. The van der Waals surface area contributed by atoms with Crippen LogP contribution in [-0.2, 0) is 10.0 Å². The number of sulfonamides is 1. The van der Waals surface area contributed by atoms with Crippen LogP contribution in [0.15, 0.2) is 29.2 Å². The zero-order valence-electron chi connectivity index (χ0n) is 11.0. The van der Waals surface area contributed by atoms with Crippen molar-refractivity contribution in [3.8, 4) is 11.4 Å². The fraction of sp³-hybridized carbons (Fsp3) is 0.250. The molecule has 110 valence electrons. The highest BCUT2D eigenvalue weighted by atomic mass is 32.2. The Labute approximate surface area is 126 Å². The van der Waals surface area contributed by atoms with Gasteiger partial charge in [0.25, 0.3) is 0 Å². The zero-order chi connectivity index (χ0) is 14.9. The standard InChI is InChI=1S/C12H13N5O2S2/c13-21(18,19)10-3-1-2-9(8-4-6-20-7-5-8)11(10)12-14-16-17-15-12/h1-4H,5-7H2,(H2,13,18,19)(H,14,15,16,17). The number of nitrogens with zero attached hydrogens (tertiary/aromatic N) is 3. The SMILES string of the molecule is NS(=O)(=O)c1cccc(C2=CCSCC2)c1-c1nn[nH]n1. The summed E-state index contributed by atoms with van der Waals surface area (Å²) < 4.78 is 23.7. The lowest BCUT2D eigenvalue weighted by molar-refractivity contribution is 0.598. The molecule has 0 spiro atoms. The number of benzene rings is 1. The van der Waals surface area contributed by atoms with Crippen LogP contribution in [0.5, 0.6) is 0 Å². The number of allylic oxidation sites excluding steroid dienone is 1. The Morgan fingerprint density at radius 1 is 1.33 bits per heavy atom. The maximum absolute atomic E-state index is 11.9. The molecule has 0 amide bonds. The molecular weight excluding hydrogens is 310 g/mol. The van der Waals surface area contributed by atoms with Crippen LogP contribution in [0.3, 0.4) is 0 Å². The van der Waals surface area contributed by atoms with E-state index in [4.69, 9.17) is 5.14 Å². The van der Waals surface area contributed by atoms with Crippen molar-refractivity contribution in [2.24, 2.45) is 5.14 Å². The second kappa shape index (κ2) is 5.58. The van der Waals surface area contributed by atoms with Crippen LogP contribution < -0.4 is 5.14 Å². The zero-order valence-corrected chi connectivity index (χ0v) is 12.6. The lowest BCUT2D eigenvalue weighted by Gasteiger charge is -2.17. The second-order valence-electron chi connectivity index (χ2n) is 4.51. The van der Waals surface area contributed by atoms with Crippen LogP contribution in [0.4, 0.5) is 0 Å². The van der Waals surface area contributed by atoms with Gasteiger partial charge in [-0.3, -0.25) is 0 Å². The van der Waals surface area contributed by atoms with Crippen LogP contribution in [0.25, 0.3) is 17.0 Å². The number of nitrogens with two attached hydrogens (primary N) is 1.